The molecule has 0 saturated heterocycles. The second-order valence-electron chi connectivity index (χ2n) is 2.35. The first-order valence-corrected chi connectivity index (χ1v) is 4.33. The number of amides is 3. The van der Waals surface area contributed by atoms with E-state index in [0.29, 0.717) is 4.88 Å². The van der Waals surface area contributed by atoms with Crippen molar-refractivity contribution in [1.82, 2.24) is 10.9 Å². The van der Waals surface area contributed by atoms with Crippen LogP contribution in [-0.2, 0) is 0 Å². The molecule has 5 nitrogen and oxygen atoms in total. The fraction of sp³-hybridized carbons (Fsp3) is 0.143. The topological polar surface area (TPSA) is 84.2 Å². The van der Waals surface area contributed by atoms with Crippen LogP contribution in [0.25, 0.3) is 0 Å². The molecule has 1 aromatic heterocycles. The number of rotatable bonds is 1. The zero-order chi connectivity index (χ0) is 9.84. The molecule has 0 spiro atoms. The Morgan fingerprint density at radius 3 is 2.54 bits per heavy atom. The third-order valence-corrected chi connectivity index (χ3v) is 2.26. The van der Waals surface area contributed by atoms with Gasteiger partial charge < -0.3 is 5.73 Å². The van der Waals surface area contributed by atoms with Gasteiger partial charge in [0.25, 0.3) is 5.91 Å². The van der Waals surface area contributed by atoms with Crippen LogP contribution in [-0.4, -0.2) is 11.9 Å². The predicted molar refractivity (Wildman–Crippen MR) is 49.2 cm³/mol. The zero-order valence-corrected chi connectivity index (χ0v) is 7.77. The predicted octanol–water partition coefficient (Wildman–Crippen LogP) is 0.370. The summed E-state index contributed by atoms with van der Waals surface area (Å²) in [6.45, 7) is 1.89. The number of nitrogens with two attached hydrogens (primary N) is 1. The van der Waals surface area contributed by atoms with E-state index >= 15 is 0 Å². The first-order chi connectivity index (χ1) is 6.09. The van der Waals surface area contributed by atoms with Crippen LogP contribution in [0.3, 0.4) is 0 Å². The first-order valence-electron chi connectivity index (χ1n) is 3.52. The lowest BCUT2D eigenvalue weighted by atomic mass is 10.4. The number of hydrogen-bond donors (Lipinski definition) is 3. The lowest BCUT2D eigenvalue weighted by Crippen LogP contribution is -2.44. The fourth-order valence-corrected chi connectivity index (χ4v) is 1.50. The molecule has 0 aliphatic rings. The maximum atomic E-state index is 11.2. The molecule has 0 unspecified atom stereocenters. The van der Waals surface area contributed by atoms with Crippen molar-refractivity contribution in [1.29, 1.82) is 0 Å². The molecule has 0 aromatic carbocycles. The Labute approximate surface area is 78.9 Å². The highest BCUT2D eigenvalue weighted by atomic mass is 32.1. The molecule has 0 aliphatic carbocycles. The van der Waals surface area contributed by atoms with Gasteiger partial charge in [0, 0.05) is 4.88 Å². The van der Waals surface area contributed by atoms with E-state index in [9.17, 15) is 9.59 Å². The molecule has 0 radical (unpaired) electrons. The van der Waals surface area contributed by atoms with Crippen LogP contribution in [0.4, 0.5) is 4.79 Å². The summed E-state index contributed by atoms with van der Waals surface area (Å²) < 4.78 is 0. The summed E-state index contributed by atoms with van der Waals surface area (Å²) in [7, 11) is 0. The van der Waals surface area contributed by atoms with Gasteiger partial charge in [0.15, 0.2) is 0 Å². The summed E-state index contributed by atoms with van der Waals surface area (Å²) in [5.41, 5.74) is 8.92. The minimum absolute atomic E-state index is 0.364. The number of aryl methyl sites for hydroxylation is 1. The lowest BCUT2D eigenvalue weighted by Gasteiger charge is -2.01. The van der Waals surface area contributed by atoms with Crippen LogP contribution in [0, 0.1) is 6.92 Å². The molecule has 0 aliphatic heterocycles. The van der Waals surface area contributed by atoms with Crippen molar-refractivity contribution >= 4 is 23.3 Å². The molecule has 0 bridgehead atoms. The molecule has 1 aromatic rings. The number of thiophene rings is 1. The number of hydrazine groups is 1. The van der Waals surface area contributed by atoms with E-state index in [-0.39, 0.29) is 5.91 Å². The molecule has 13 heavy (non-hydrogen) atoms. The smallest absolute Gasteiger partial charge is 0.330 e. The van der Waals surface area contributed by atoms with Gasteiger partial charge in [0.05, 0.1) is 4.88 Å². The Balaban J connectivity index is 2.54. The molecule has 0 fully saturated rings. The highest BCUT2D eigenvalue weighted by Crippen LogP contribution is 2.14. The van der Waals surface area contributed by atoms with E-state index in [2.05, 4.69) is 5.43 Å². The second-order valence-corrected chi connectivity index (χ2v) is 3.64. The van der Waals surface area contributed by atoms with E-state index in [4.69, 9.17) is 5.73 Å². The fourth-order valence-electron chi connectivity index (χ4n) is 0.737. The number of primary amides is 1. The van der Waals surface area contributed by atoms with E-state index in [1.165, 1.54) is 11.3 Å². The van der Waals surface area contributed by atoms with Crippen LogP contribution < -0.4 is 16.6 Å². The van der Waals surface area contributed by atoms with E-state index in [1.54, 1.807) is 6.07 Å². The number of hydrogen-bond acceptors (Lipinski definition) is 3. The summed E-state index contributed by atoms with van der Waals surface area (Å²) in [4.78, 5) is 23.0. The Hall–Kier alpha value is -1.56. The Morgan fingerprint density at radius 1 is 1.38 bits per heavy atom. The largest absolute Gasteiger partial charge is 0.350 e. The van der Waals surface area contributed by atoms with Crippen molar-refractivity contribution in [3.8, 4) is 0 Å². The summed E-state index contributed by atoms with van der Waals surface area (Å²) in [5, 5.41) is 0. The van der Waals surface area contributed by atoms with Gasteiger partial charge in [-0.2, -0.15) is 0 Å². The third-order valence-electron chi connectivity index (χ3n) is 1.26. The molecule has 6 heteroatoms. The Morgan fingerprint density at radius 2 is 2.08 bits per heavy atom. The van der Waals surface area contributed by atoms with Crippen LogP contribution in [0.2, 0.25) is 0 Å². The van der Waals surface area contributed by atoms with Crippen LogP contribution in [0.1, 0.15) is 14.5 Å². The van der Waals surface area contributed by atoms with Crippen molar-refractivity contribution < 1.29 is 9.59 Å². The maximum Gasteiger partial charge on any atom is 0.330 e. The first kappa shape index (κ1) is 9.53. The van der Waals surface area contributed by atoms with Gasteiger partial charge in [-0.15, -0.1) is 11.3 Å². The zero-order valence-electron chi connectivity index (χ0n) is 6.96. The van der Waals surface area contributed by atoms with Crippen molar-refractivity contribution in [2.45, 2.75) is 6.92 Å². The average molecular weight is 199 g/mol. The number of urea groups is 1. The van der Waals surface area contributed by atoms with Crippen LogP contribution in [0.5, 0.6) is 0 Å². The maximum absolute atomic E-state index is 11.2. The quantitative estimate of drug-likeness (QED) is 0.571. The third kappa shape index (κ3) is 2.75. The van der Waals surface area contributed by atoms with Gasteiger partial charge in [-0.1, -0.05) is 0 Å². The SMILES string of the molecule is Cc1ccc(C(=O)NNC(N)=O)s1. The monoisotopic (exact) mass is 199 g/mol. The highest BCUT2D eigenvalue weighted by molar-refractivity contribution is 7.13. The number of nitrogens with one attached hydrogen (secondary N) is 2. The van der Waals surface area contributed by atoms with Crippen molar-refractivity contribution in [3.63, 3.8) is 0 Å². The minimum Gasteiger partial charge on any atom is -0.350 e. The van der Waals surface area contributed by atoms with Gasteiger partial charge in [0.2, 0.25) is 0 Å². The van der Waals surface area contributed by atoms with Crippen LogP contribution >= 0.6 is 11.3 Å². The average Bonchev–Trinajstić information content (AvgIpc) is 2.47. The number of carbonyl (C=O) groups is 2. The molecule has 70 valence electrons. The van der Waals surface area contributed by atoms with Crippen molar-refractivity contribution in [2.24, 2.45) is 5.73 Å². The second kappa shape index (κ2) is 3.90. The normalized spacial score (nSPS) is 9.31. The summed E-state index contributed by atoms with van der Waals surface area (Å²) in [5.74, 6) is -0.364. The molecule has 4 N–H and O–H groups in total. The van der Waals surface area contributed by atoms with E-state index in [1.807, 2.05) is 18.4 Å². The minimum atomic E-state index is -0.790. The van der Waals surface area contributed by atoms with Crippen molar-refractivity contribution in [2.75, 3.05) is 0 Å². The summed E-state index contributed by atoms with van der Waals surface area (Å²) >= 11 is 1.34. The molecule has 1 heterocycles. The van der Waals surface area contributed by atoms with Gasteiger partial charge >= 0.3 is 6.03 Å². The standard InChI is InChI=1S/C7H9N3O2S/c1-4-2-3-5(13-4)6(11)9-10-7(8)12/h2-3H,1H3,(H,9,11)(H3,8,10,12). The highest BCUT2D eigenvalue weighted by Gasteiger charge is 2.07. The molecule has 0 atom stereocenters. The van der Waals surface area contributed by atoms with E-state index < -0.39 is 6.03 Å². The van der Waals surface area contributed by atoms with Gasteiger partial charge in [0.1, 0.15) is 0 Å². The van der Waals surface area contributed by atoms with Crippen LogP contribution in [0.15, 0.2) is 12.1 Å². The van der Waals surface area contributed by atoms with Gasteiger partial charge in [-0.25, -0.2) is 10.2 Å². The Kier molecular flexibility index (Phi) is 2.86. The summed E-state index contributed by atoms with van der Waals surface area (Å²) in [6.07, 6.45) is 0. The molecular formula is C7H9N3O2S. The van der Waals surface area contributed by atoms with E-state index in [0.717, 1.165) is 4.88 Å². The Bertz CT molecular complexity index is 334. The molecule has 0 saturated carbocycles. The lowest BCUT2D eigenvalue weighted by molar-refractivity contribution is 0.0941. The molecule has 1 rings (SSSR count). The molecule has 3 amide bonds. The number of carbonyl (C=O) groups excluding carboxylic acids is 2. The van der Waals surface area contributed by atoms with Gasteiger partial charge in [-0.05, 0) is 19.1 Å². The van der Waals surface area contributed by atoms with Gasteiger partial charge in [-0.3, -0.25) is 10.2 Å². The molecular weight excluding hydrogens is 190 g/mol. The summed E-state index contributed by atoms with van der Waals surface area (Å²) in [6, 6.07) is 2.71. The van der Waals surface area contributed by atoms with Crippen molar-refractivity contribution in [3.05, 3.63) is 21.9 Å².